The molecule has 0 aliphatic carbocycles. The van der Waals surface area contributed by atoms with Gasteiger partial charge >= 0.3 is 5.97 Å². The lowest BCUT2D eigenvalue weighted by atomic mass is 10.2. The van der Waals surface area contributed by atoms with Gasteiger partial charge in [0.25, 0.3) is 5.69 Å². The Hall–Kier alpha value is -3.23. The Morgan fingerprint density at radius 1 is 1.39 bits per heavy atom. The quantitative estimate of drug-likeness (QED) is 0.282. The Morgan fingerprint density at radius 2 is 2.09 bits per heavy atom. The highest BCUT2D eigenvalue weighted by atomic mass is 16.7. The highest BCUT2D eigenvalue weighted by molar-refractivity contribution is 5.97. The van der Waals surface area contributed by atoms with E-state index in [0.717, 1.165) is 5.69 Å². The molecule has 0 spiro atoms. The Balaban J connectivity index is 1.89. The minimum Gasteiger partial charge on any atom is -0.380 e. The van der Waals surface area contributed by atoms with E-state index >= 15 is 0 Å². The predicted octanol–water partition coefficient (Wildman–Crippen LogP) is 1.35. The van der Waals surface area contributed by atoms with E-state index < -0.39 is 10.9 Å². The molecular weight excluding hydrogens is 302 g/mol. The second kappa shape index (κ2) is 7.16. The second-order valence-electron chi connectivity index (χ2n) is 4.69. The first kappa shape index (κ1) is 16.1. The number of oxime groups is 1. The summed E-state index contributed by atoms with van der Waals surface area (Å²) in [4.78, 5) is 26.4. The lowest BCUT2D eigenvalue weighted by Gasteiger charge is -2.03. The van der Waals surface area contributed by atoms with E-state index in [2.05, 4.69) is 10.3 Å². The zero-order chi connectivity index (χ0) is 16.8. The number of nitro benzene ring substituents is 1. The molecule has 9 heteroatoms. The fourth-order valence-corrected chi connectivity index (χ4v) is 1.78. The maximum Gasteiger partial charge on any atom is 0.336 e. The molecule has 0 saturated carbocycles. The molecule has 0 bridgehead atoms. The first-order valence-electron chi connectivity index (χ1n) is 6.74. The van der Waals surface area contributed by atoms with E-state index in [1.807, 2.05) is 13.0 Å². The third kappa shape index (κ3) is 4.37. The van der Waals surface area contributed by atoms with Gasteiger partial charge in [-0.15, -0.1) is 0 Å². The number of aromatic nitrogens is 2. The maximum atomic E-state index is 11.6. The van der Waals surface area contributed by atoms with Gasteiger partial charge in [0.1, 0.15) is 0 Å². The van der Waals surface area contributed by atoms with Crippen LogP contribution in [0.4, 0.5) is 5.69 Å². The van der Waals surface area contributed by atoms with Gasteiger partial charge in [-0.05, 0) is 25.1 Å². The summed E-state index contributed by atoms with van der Waals surface area (Å²) in [5.41, 5.74) is 6.97. The number of benzene rings is 1. The lowest BCUT2D eigenvalue weighted by Crippen LogP contribution is -2.16. The van der Waals surface area contributed by atoms with Gasteiger partial charge in [-0.3, -0.25) is 14.8 Å². The van der Waals surface area contributed by atoms with Crippen LogP contribution in [0.1, 0.15) is 17.7 Å². The molecule has 0 atom stereocenters. The summed E-state index contributed by atoms with van der Waals surface area (Å²) in [6.45, 7) is 2.26. The summed E-state index contributed by atoms with van der Waals surface area (Å²) in [7, 11) is 0. The number of hydrogen-bond donors (Lipinski definition) is 1. The van der Waals surface area contributed by atoms with Crippen LogP contribution in [0.15, 0.2) is 41.7 Å². The normalized spacial score (nSPS) is 11.3. The van der Waals surface area contributed by atoms with Gasteiger partial charge in [-0.1, -0.05) is 5.16 Å². The molecule has 1 aromatic carbocycles. The number of rotatable bonds is 6. The van der Waals surface area contributed by atoms with Crippen molar-refractivity contribution in [1.82, 2.24) is 9.78 Å². The first-order valence-corrected chi connectivity index (χ1v) is 6.74. The fraction of sp³-hybridized carbons (Fsp3) is 0.214. The smallest absolute Gasteiger partial charge is 0.336 e. The molecule has 0 amide bonds. The van der Waals surface area contributed by atoms with Gasteiger partial charge < -0.3 is 10.6 Å². The van der Waals surface area contributed by atoms with E-state index in [4.69, 9.17) is 10.6 Å². The Labute approximate surface area is 131 Å². The van der Waals surface area contributed by atoms with Crippen molar-refractivity contribution in [3.8, 4) is 0 Å². The van der Waals surface area contributed by atoms with Crippen molar-refractivity contribution in [2.75, 3.05) is 0 Å². The average Bonchev–Trinajstić information content (AvgIpc) is 2.95. The topological polar surface area (TPSA) is 126 Å². The van der Waals surface area contributed by atoms with Crippen LogP contribution in [0, 0.1) is 17.0 Å². The summed E-state index contributed by atoms with van der Waals surface area (Å²) in [5, 5.41) is 18.1. The Kier molecular flexibility index (Phi) is 5.03. The molecule has 0 saturated heterocycles. The minimum atomic E-state index is -0.551. The molecule has 120 valence electrons. The number of carbonyl (C=O) groups is 1. The van der Waals surface area contributed by atoms with Gasteiger partial charge in [0.05, 0.1) is 17.9 Å². The number of hydrogen-bond acceptors (Lipinski definition) is 6. The molecule has 0 fully saturated rings. The van der Waals surface area contributed by atoms with Crippen LogP contribution in [0.5, 0.6) is 0 Å². The van der Waals surface area contributed by atoms with Crippen LogP contribution in [0.25, 0.3) is 0 Å². The highest BCUT2D eigenvalue weighted by Crippen LogP contribution is 2.11. The molecule has 1 heterocycles. The molecular formula is C14H15N5O4. The summed E-state index contributed by atoms with van der Waals surface area (Å²) in [5.74, 6) is -0.590. The highest BCUT2D eigenvalue weighted by Gasteiger charge is 2.08. The molecule has 0 radical (unpaired) electrons. The maximum absolute atomic E-state index is 11.6. The molecule has 0 aliphatic heterocycles. The number of nitro groups is 1. The zero-order valence-corrected chi connectivity index (χ0v) is 12.4. The van der Waals surface area contributed by atoms with Crippen molar-refractivity contribution in [2.45, 2.75) is 19.9 Å². The third-order valence-electron chi connectivity index (χ3n) is 3.08. The average molecular weight is 317 g/mol. The van der Waals surface area contributed by atoms with Gasteiger partial charge in [0.2, 0.25) is 0 Å². The zero-order valence-electron chi connectivity index (χ0n) is 12.4. The van der Waals surface area contributed by atoms with Crippen LogP contribution in [0.2, 0.25) is 0 Å². The molecule has 23 heavy (non-hydrogen) atoms. The SMILES string of the molecule is Cc1ccnn1CCC(=O)O/N=C(\N)c1ccc([N+](=O)[O-])cc1. The van der Waals surface area contributed by atoms with Crippen LogP contribution in [-0.4, -0.2) is 26.5 Å². The summed E-state index contributed by atoms with van der Waals surface area (Å²) in [6.07, 6.45) is 1.74. The van der Waals surface area contributed by atoms with E-state index in [9.17, 15) is 14.9 Å². The van der Waals surface area contributed by atoms with Crippen LogP contribution >= 0.6 is 0 Å². The predicted molar refractivity (Wildman–Crippen MR) is 81.5 cm³/mol. The number of carbonyl (C=O) groups excluding carboxylic acids is 1. The first-order chi connectivity index (χ1) is 11.0. The molecule has 2 N–H and O–H groups in total. The van der Waals surface area contributed by atoms with Crippen molar-refractivity contribution < 1.29 is 14.6 Å². The van der Waals surface area contributed by atoms with E-state index in [-0.39, 0.29) is 17.9 Å². The summed E-state index contributed by atoms with van der Waals surface area (Å²) < 4.78 is 1.67. The van der Waals surface area contributed by atoms with Gasteiger partial charge in [-0.2, -0.15) is 5.10 Å². The van der Waals surface area contributed by atoms with Crippen molar-refractivity contribution in [3.63, 3.8) is 0 Å². The number of non-ortho nitro benzene ring substituents is 1. The number of nitrogens with zero attached hydrogens (tertiary/aromatic N) is 4. The molecule has 2 aromatic rings. The number of nitrogens with two attached hydrogens (primary N) is 1. The van der Waals surface area contributed by atoms with Gasteiger partial charge in [0, 0.05) is 29.6 Å². The summed E-state index contributed by atoms with van der Waals surface area (Å²) >= 11 is 0. The van der Waals surface area contributed by atoms with Gasteiger partial charge in [0.15, 0.2) is 5.84 Å². The van der Waals surface area contributed by atoms with Gasteiger partial charge in [-0.25, -0.2) is 4.79 Å². The Bertz CT molecular complexity index is 736. The summed E-state index contributed by atoms with van der Waals surface area (Å²) in [6, 6.07) is 7.27. The second-order valence-corrected chi connectivity index (χ2v) is 4.69. The van der Waals surface area contributed by atoms with Crippen LogP contribution < -0.4 is 5.73 Å². The molecule has 1 aromatic heterocycles. The van der Waals surface area contributed by atoms with Crippen molar-refractivity contribution in [2.24, 2.45) is 10.9 Å². The van der Waals surface area contributed by atoms with E-state index in [0.29, 0.717) is 12.1 Å². The molecule has 9 nitrogen and oxygen atoms in total. The van der Waals surface area contributed by atoms with E-state index in [1.54, 1.807) is 10.9 Å². The Morgan fingerprint density at radius 3 is 2.65 bits per heavy atom. The molecule has 0 unspecified atom stereocenters. The standard InChI is InChI=1S/C14H15N5O4/c1-10-6-8-16-18(10)9-7-13(20)23-17-14(15)11-2-4-12(5-3-11)19(21)22/h2-6,8H,7,9H2,1H3,(H2,15,17). The van der Waals surface area contributed by atoms with Crippen molar-refractivity contribution in [1.29, 1.82) is 0 Å². The molecule has 2 rings (SSSR count). The molecule has 0 aliphatic rings. The lowest BCUT2D eigenvalue weighted by molar-refractivity contribution is -0.384. The number of aryl methyl sites for hydroxylation is 2. The third-order valence-corrected chi connectivity index (χ3v) is 3.08. The van der Waals surface area contributed by atoms with Crippen molar-refractivity contribution >= 4 is 17.5 Å². The minimum absolute atomic E-state index is 0.0384. The van der Waals surface area contributed by atoms with Crippen LogP contribution in [0.3, 0.4) is 0 Å². The van der Waals surface area contributed by atoms with E-state index in [1.165, 1.54) is 24.3 Å². The fourth-order valence-electron chi connectivity index (χ4n) is 1.78. The van der Waals surface area contributed by atoms with Crippen molar-refractivity contribution in [3.05, 3.63) is 57.9 Å². The largest absolute Gasteiger partial charge is 0.380 e. The monoisotopic (exact) mass is 317 g/mol. The number of amidine groups is 1. The van der Waals surface area contributed by atoms with Crippen LogP contribution in [-0.2, 0) is 16.2 Å².